The van der Waals surface area contributed by atoms with Crippen LogP contribution in [0.25, 0.3) is 0 Å². The molecule has 2 amide bonds. The average molecular weight is 465 g/mol. The fourth-order valence-electron chi connectivity index (χ4n) is 3.17. The number of halogens is 1. The van der Waals surface area contributed by atoms with Crippen molar-refractivity contribution in [3.8, 4) is 0 Å². The van der Waals surface area contributed by atoms with Crippen molar-refractivity contribution in [3.63, 3.8) is 0 Å². The number of nitrogens with one attached hydrogen (secondary N) is 1. The summed E-state index contributed by atoms with van der Waals surface area (Å²) in [6.07, 6.45) is 0. The van der Waals surface area contributed by atoms with Gasteiger partial charge in [-0.25, -0.2) is 4.79 Å². The lowest BCUT2D eigenvalue weighted by Crippen LogP contribution is -2.41. The molecule has 0 fully saturated rings. The molecule has 0 bridgehead atoms. The zero-order chi connectivity index (χ0) is 23.6. The molecule has 0 aliphatic carbocycles. The van der Waals surface area contributed by atoms with Crippen LogP contribution in [-0.2, 0) is 27.4 Å². The van der Waals surface area contributed by atoms with Gasteiger partial charge in [-0.05, 0) is 30.2 Å². The Morgan fingerprint density at radius 2 is 1.36 bits per heavy atom. The van der Waals surface area contributed by atoms with E-state index in [9.17, 15) is 14.4 Å². The summed E-state index contributed by atoms with van der Waals surface area (Å²) in [4.78, 5) is 39.3. The summed E-state index contributed by atoms with van der Waals surface area (Å²) in [5.74, 6) is -1.53. The Hall–Kier alpha value is -3.64. The highest BCUT2D eigenvalue weighted by Gasteiger charge is 2.22. The molecule has 0 saturated carbocycles. The van der Waals surface area contributed by atoms with Gasteiger partial charge in [-0.15, -0.1) is 0 Å². The zero-order valence-electron chi connectivity index (χ0n) is 18.2. The van der Waals surface area contributed by atoms with E-state index in [0.29, 0.717) is 13.1 Å². The minimum atomic E-state index is -0.946. The van der Waals surface area contributed by atoms with Crippen LogP contribution in [-0.4, -0.2) is 35.3 Å². The molecule has 7 heteroatoms. The van der Waals surface area contributed by atoms with Gasteiger partial charge in [-0.1, -0.05) is 84.4 Å². The van der Waals surface area contributed by atoms with Crippen LogP contribution in [0.2, 0.25) is 5.02 Å². The Labute approximate surface area is 198 Å². The van der Waals surface area contributed by atoms with Gasteiger partial charge in [-0.2, -0.15) is 0 Å². The van der Waals surface area contributed by atoms with E-state index in [1.807, 2.05) is 60.7 Å². The highest BCUT2D eigenvalue weighted by atomic mass is 35.5. The lowest BCUT2D eigenvalue weighted by Gasteiger charge is -2.23. The van der Waals surface area contributed by atoms with E-state index in [4.69, 9.17) is 16.3 Å². The first-order valence-corrected chi connectivity index (χ1v) is 10.9. The summed E-state index contributed by atoms with van der Waals surface area (Å²) < 4.78 is 5.21. The minimum absolute atomic E-state index is 0.256. The number of esters is 1. The van der Waals surface area contributed by atoms with Crippen molar-refractivity contribution >= 4 is 29.4 Å². The second-order valence-electron chi connectivity index (χ2n) is 7.50. The molecule has 33 heavy (non-hydrogen) atoms. The molecule has 0 aliphatic rings. The van der Waals surface area contributed by atoms with E-state index in [1.165, 1.54) is 6.92 Å². The summed E-state index contributed by atoms with van der Waals surface area (Å²) >= 11 is 6.03. The first kappa shape index (κ1) is 24.0. The summed E-state index contributed by atoms with van der Waals surface area (Å²) in [5, 5.41) is 2.83. The molecule has 1 N–H and O–H groups in total. The second-order valence-corrected chi connectivity index (χ2v) is 7.91. The van der Waals surface area contributed by atoms with Crippen molar-refractivity contribution in [2.75, 3.05) is 6.61 Å². The highest BCUT2D eigenvalue weighted by Crippen LogP contribution is 2.15. The normalized spacial score (nSPS) is 11.3. The molecule has 0 radical (unpaired) electrons. The largest absolute Gasteiger partial charge is 0.454 e. The molecule has 0 aromatic heterocycles. The van der Waals surface area contributed by atoms with E-state index >= 15 is 0 Å². The number of carbonyl (C=O) groups excluding carboxylic acids is 3. The third kappa shape index (κ3) is 7.19. The SMILES string of the molecule is C[C@@H](NC(=O)c1ccccc1Cl)C(=O)OCC(=O)N(Cc1ccccc1)Cc1ccccc1. The molecule has 0 spiro atoms. The average Bonchev–Trinajstić information content (AvgIpc) is 2.83. The van der Waals surface area contributed by atoms with Crippen molar-refractivity contribution in [1.82, 2.24) is 10.2 Å². The summed E-state index contributed by atoms with van der Waals surface area (Å²) in [7, 11) is 0. The van der Waals surface area contributed by atoms with Crippen LogP contribution in [0.1, 0.15) is 28.4 Å². The monoisotopic (exact) mass is 464 g/mol. The first-order chi connectivity index (χ1) is 15.9. The predicted molar refractivity (Wildman–Crippen MR) is 126 cm³/mol. The maximum Gasteiger partial charge on any atom is 0.328 e. The van der Waals surface area contributed by atoms with Crippen molar-refractivity contribution < 1.29 is 19.1 Å². The molecular formula is C26H25ClN2O4. The fourth-order valence-corrected chi connectivity index (χ4v) is 3.39. The number of ether oxygens (including phenoxy) is 1. The van der Waals surface area contributed by atoms with E-state index in [1.54, 1.807) is 29.2 Å². The molecule has 0 saturated heterocycles. The molecule has 3 rings (SSSR count). The lowest BCUT2D eigenvalue weighted by atomic mass is 10.1. The fraction of sp³-hybridized carbons (Fsp3) is 0.192. The van der Waals surface area contributed by atoms with Gasteiger partial charge in [0.15, 0.2) is 6.61 Å². The van der Waals surface area contributed by atoms with Crippen LogP contribution in [0, 0.1) is 0 Å². The Morgan fingerprint density at radius 3 is 1.91 bits per heavy atom. The molecular weight excluding hydrogens is 440 g/mol. The number of hydrogen-bond acceptors (Lipinski definition) is 4. The quantitative estimate of drug-likeness (QED) is 0.481. The van der Waals surface area contributed by atoms with E-state index < -0.39 is 24.5 Å². The highest BCUT2D eigenvalue weighted by molar-refractivity contribution is 6.33. The summed E-state index contributed by atoms with van der Waals surface area (Å²) in [6.45, 7) is 1.83. The van der Waals surface area contributed by atoms with E-state index in [2.05, 4.69) is 5.32 Å². The van der Waals surface area contributed by atoms with Gasteiger partial charge in [0.1, 0.15) is 6.04 Å². The molecule has 0 unspecified atom stereocenters. The Balaban J connectivity index is 1.59. The number of amides is 2. The molecule has 0 heterocycles. The standard InChI is InChI=1S/C26H25ClN2O4/c1-19(28-25(31)22-14-8-9-15-23(22)27)26(32)33-18-24(30)29(16-20-10-4-2-5-11-20)17-21-12-6-3-7-13-21/h2-15,19H,16-18H2,1H3,(H,28,31)/t19-/m1/s1. The van der Waals surface area contributed by atoms with Crippen molar-refractivity contribution in [2.45, 2.75) is 26.1 Å². The Bertz CT molecular complexity index is 1050. The molecule has 1 atom stereocenters. The summed E-state index contributed by atoms with van der Waals surface area (Å²) in [5.41, 5.74) is 2.19. The molecule has 170 valence electrons. The van der Waals surface area contributed by atoms with Crippen LogP contribution in [0.5, 0.6) is 0 Å². The van der Waals surface area contributed by atoms with Gasteiger partial charge < -0.3 is 15.0 Å². The van der Waals surface area contributed by atoms with E-state index in [-0.39, 0.29) is 16.5 Å². The number of nitrogens with zero attached hydrogens (tertiary/aromatic N) is 1. The first-order valence-electron chi connectivity index (χ1n) is 10.5. The van der Waals surface area contributed by atoms with Gasteiger partial charge in [0.05, 0.1) is 10.6 Å². The Morgan fingerprint density at radius 1 is 0.848 bits per heavy atom. The van der Waals surface area contributed by atoms with Crippen LogP contribution in [0.4, 0.5) is 0 Å². The zero-order valence-corrected chi connectivity index (χ0v) is 19.0. The van der Waals surface area contributed by atoms with Crippen LogP contribution < -0.4 is 5.32 Å². The molecule has 6 nitrogen and oxygen atoms in total. The number of hydrogen-bond donors (Lipinski definition) is 1. The van der Waals surface area contributed by atoms with Crippen molar-refractivity contribution in [1.29, 1.82) is 0 Å². The topological polar surface area (TPSA) is 75.7 Å². The van der Waals surface area contributed by atoms with Crippen LogP contribution in [0.3, 0.4) is 0 Å². The second kappa shape index (κ2) is 11.8. The van der Waals surface area contributed by atoms with E-state index in [0.717, 1.165) is 11.1 Å². The van der Waals surface area contributed by atoms with Crippen LogP contribution in [0.15, 0.2) is 84.9 Å². The van der Waals surface area contributed by atoms with Gasteiger partial charge in [0.25, 0.3) is 11.8 Å². The van der Waals surface area contributed by atoms with Crippen LogP contribution >= 0.6 is 11.6 Å². The summed E-state index contributed by atoms with van der Waals surface area (Å²) in [6, 6.07) is 24.8. The maximum absolute atomic E-state index is 12.9. The van der Waals surface area contributed by atoms with Gasteiger partial charge in [0.2, 0.25) is 0 Å². The Kier molecular flexibility index (Phi) is 8.61. The molecule has 3 aromatic carbocycles. The third-order valence-corrected chi connectivity index (χ3v) is 5.27. The smallest absolute Gasteiger partial charge is 0.328 e. The maximum atomic E-state index is 12.9. The lowest BCUT2D eigenvalue weighted by molar-refractivity contribution is -0.153. The number of benzene rings is 3. The van der Waals surface area contributed by atoms with Gasteiger partial charge >= 0.3 is 5.97 Å². The number of carbonyl (C=O) groups is 3. The number of rotatable bonds is 9. The van der Waals surface area contributed by atoms with Crippen molar-refractivity contribution in [2.24, 2.45) is 0 Å². The molecule has 0 aliphatic heterocycles. The predicted octanol–water partition coefficient (Wildman–Crippen LogP) is 4.23. The minimum Gasteiger partial charge on any atom is -0.454 e. The third-order valence-electron chi connectivity index (χ3n) is 4.94. The van der Waals surface area contributed by atoms with Gasteiger partial charge in [-0.3, -0.25) is 9.59 Å². The van der Waals surface area contributed by atoms with Crippen molar-refractivity contribution in [3.05, 3.63) is 107 Å². The molecule has 3 aromatic rings. The van der Waals surface area contributed by atoms with Gasteiger partial charge in [0, 0.05) is 13.1 Å².